The van der Waals surface area contributed by atoms with Crippen molar-refractivity contribution in [2.75, 3.05) is 5.32 Å². The molecule has 0 unspecified atom stereocenters. The molecule has 1 aromatic carbocycles. The Morgan fingerprint density at radius 2 is 2.12 bits per heavy atom. The van der Waals surface area contributed by atoms with Gasteiger partial charge in [0.2, 0.25) is 11.8 Å². The van der Waals surface area contributed by atoms with E-state index in [-0.39, 0.29) is 24.8 Å². The van der Waals surface area contributed by atoms with Gasteiger partial charge < -0.3 is 10.6 Å². The van der Waals surface area contributed by atoms with Crippen molar-refractivity contribution in [3.63, 3.8) is 0 Å². The van der Waals surface area contributed by atoms with E-state index in [1.54, 1.807) is 22.9 Å². The molecule has 2 N–H and O–H groups in total. The second-order valence-corrected chi connectivity index (χ2v) is 5.57. The molecular weight excluding hydrogens is 308 g/mol. The Morgan fingerprint density at radius 3 is 2.88 bits per heavy atom. The maximum atomic E-state index is 12.2. The Labute approximate surface area is 138 Å². The summed E-state index contributed by atoms with van der Waals surface area (Å²) < 4.78 is 1.76. The number of nitrogens with one attached hydrogen (secondary N) is 2. The van der Waals surface area contributed by atoms with E-state index >= 15 is 0 Å². The lowest BCUT2D eigenvalue weighted by Crippen LogP contribution is -2.26. The number of amides is 2. The van der Waals surface area contributed by atoms with E-state index in [1.807, 2.05) is 6.07 Å². The standard InChI is InChI=1S/C16H18N6O2/c1-2-15(23)18-13-6-4-3-5-11(13)9-16(24)17-10-14-19-20-21-22(14)12-7-8-12/h2-6,12H,1,7-10H2,(H,17,24)(H,18,23). The van der Waals surface area contributed by atoms with E-state index in [1.165, 1.54) is 6.08 Å². The van der Waals surface area contributed by atoms with Crippen LogP contribution in [0, 0.1) is 0 Å². The summed E-state index contributed by atoms with van der Waals surface area (Å²) in [5, 5.41) is 17.1. The van der Waals surface area contributed by atoms with Gasteiger partial charge in [-0.05, 0) is 41.0 Å². The quantitative estimate of drug-likeness (QED) is 0.739. The molecule has 24 heavy (non-hydrogen) atoms. The topological polar surface area (TPSA) is 102 Å². The van der Waals surface area contributed by atoms with Gasteiger partial charge in [-0.1, -0.05) is 24.8 Å². The van der Waals surface area contributed by atoms with Crippen molar-refractivity contribution in [1.82, 2.24) is 25.5 Å². The lowest BCUT2D eigenvalue weighted by atomic mass is 10.1. The van der Waals surface area contributed by atoms with Crippen molar-refractivity contribution in [1.29, 1.82) is 0 Å². The van der Waals surface area contributed by atoms with Crippen LogP contribution in [0.15, 0.2) is 36.9 Å². The van der Waals surface area contributed by atoms with E-state index in [4.69, 9.17) is 0 Å². The van der Waals surface area contributed by atoms with Crippen LogP contribution in [0.4, 0.5) is 5.69 Å². The highest BCUT2D eigenvalue weighted by atomic mass is 16.2. The molecule has 2 amide bonds. The van der Waals surface area contributed by atoms with Crippen LogP contribution in [0.1, 0.15) is 30.3 Å². The smallest absolute Gasteiger partial charge is 0.247 e. The average Bonchev–Trinajstić information content (AvgIpc) is 3.32. The lowest BCUT2D eigenvalue weighted by Gasteiger charge is -2.10. The first kappa shape index (κ1) is 15.9. The second-order valence-electron chi connectivity index (χ2n) is 5.57. The van der Waals surface area contributed by atoms with Gasteiger partial charge in [0, 0.05) is 5.69 Å². The summed E-state index contributed by atoms with van der Waals surface area (Å²) in [4.78, 5) is 23.6. The molecule has 1 heterocycles. The zero-order chi connectivity index (χ0) is 16.9. The van der Waals surface area contributed by atoms with Gasteiger partial charge in [0.15, 0.2) is 5.82 Å². The Kier molecular flexibility index (Phi) is 4.64. The molecule has 0 saturated heterocycles. The first-order chi connectivity index (χ1) is 11.7. The molecule has 0 aliphatic heterocycles. The second kappa shape index (κ2) is 7.03. The Bertz CT molecular complexity index is 765. The molecule has 1 aromatic heterocycles. The van der Waals surface area contributed by atoms with Crippen molar-refractivity contribution < 1.29 is 9.59 Å². The zero-order valence-electron chi connectivity index (χ0n) is 13.1. The number of hydrogen-bond donors (Lipinski definition) is 2. The molecule has 1 aliphatic carbocycles. The molecular formula is C16H18N6O2. The van der Waals surface area contributed by atoms with Gasteiger partial charge in [-0.3, -0.25) is 9.59 Å². The number of benzene rings is 1. The summed E-state index contributed by atoms with van der Waals surface area (Å²) in [5.41, 5.74) is 1.33. The summed E-state index contributed by atoms with van der Waals surface area (Å²) in [6.07, 6.45) is 3.48. The molecule has 0 bridgehead atoms. The molecule has 0 spiro atoms. The number of aromatic nitrogens is 4. The predicted octanol–water partition coefficient (Wildman–Crippen LogP) is 0.991. The van der Waals surface area contributed by atoms with E-state index < -0.39 is 0 Å². The highest BCUT2D eigenvalue weighted by molar-refractivity contribution is 5.99. The van der Waals surface area contributed by atoms with Crippen molar-refractivity contribution >= 4 is 17.5 Å². The van der Waals surface area contributed by atoms with Crippen LogP contribution in [0.5, 0.6) is 0 Å². The Morgan fingerprint density at radius 1 is 1.33 bits per heavy atom. The predicted molar refractivity (Wildman–Crippen MR) is 86.9 cm³/mol. The summed E-state index contributed by atoms with van der Waals surface area (Å²) >= 11 is 0. The van der Waals surface area contributed by atoms with E-state index in [9.17, 15) is 9.59 Å². The van der Waals surface area contributed by atoms with E-state index in [0.717, 1.165) is 18.4 Å². The van der Waals surface area contributed by atoms with Crippen molar-refractivity contribution in [3.8, 4) is 0 Å². The maximum Gasteiger partial charge on any atom is 0.247 e. The molecule has 0 atom stereocenters. The van der Waals surface area contributed by atoms with Crippen LogP contribution < -0.4 is 10.6 Å². The van der Waals surface area contributed by atoms with Gasteiger partial charge in [0.05, 0.1) is 19.0 Å². The van der Waals surface area contributed by atoms with Gasteiger partial charge in [-0.25, -0.2) is 4.68 Å². The van der Waals surface area contributed by atoms with Gasteiger partial charge in [-0.15, -0.1) is 5.10 Å². The fourth-order valence-corrected chi connectivity index (χ4v) is 2.32. The number of nitrogens with zero attached hydrogens (tertiary/aromatic N) is 4. The summed E-state index contributed by atoms with van der Waals surface area (Å²) in [5.74, 6) is 0.172. The van der Waals surface area contributed by atoms with Crippen molar-refractivity contribution in [2.24, 2.45) is 0 Å². The number of tetrazole rings is 1. The summed E-state index contributed by atoms with van der Waals surface area (Å²) in [6.45, 7) is 3.70. The number of carbonyl (C=O) groups is 2. The zero-order valence-corrected chi connectivity index (χ0v) is 13.1. The molecule has 3 rings (SSSR count). The minimum atomic E-state index is -0.313. The van der Waals surface area contributed by atoms with Gasteiger partial charge in [-0.2, -0.15) is 0 Å². The maximum absolute atomic E-state index is 12.2. The summed E-state index contributed by atoms with van der Waals surface area (Å²) in [7, 11) is 0. The van der Waals surface area contributed by atoms with E-state index in [0.29, 0.717) is 17.6 Å². The number of para-hydroxylation sites is 1. The Balaban J connectivity index is 1.59. The fourth-order valence-electron chi connectivity index (χ4n) is 2.32. The highest BCUT2D eigenvalue weighted by Crippen LogP contribution is 2.34. The van der Waals surface area contributed by atoms with Crippen LogP contribution in [0.25, 0.3) is 0 Å². The number of rotatable bonds is 7. The third-order valence-electron chi connectivity index (χ3n) is 3.71. The molecule has 1 fully saturated rings. The van der Waals surface area contributed by atoms with Crippen molar-refractivity contribution in [2.45, 2.75) is 31.8 Å². The number of hydrogen-bond acceptors (Lipinski definition) is 5. The highest BCUT2D eigenvalue weighted by Gasteiger charge is 2.27. The van der Waals surface area contributed by atoms with Crippen LogP contribution >= 0.6 is 0 Å². The van der Waals surface area contributed by atoms with Crippen molar-refractivity contribution in [3.05, 3.63) is 48.3 Å². The molecule has 1 saturated carbocycles. The molecule has 8 heteroatoms. The van der Waals surface area contributed by atoms with Crippen LogP contribution in [0.3, 0.4) is 0 Å². The van der Waals surface area contributed by atoms with Gasteiger partial charge >= 0.3 is 0 Å². The molecule has 2 aromatic rings. The molecule has 1 aliphatic rings. The lowest BCUT2D eigenvalue weighted by molar-refractivity contribution is -0.120. The largest absolute Gasteiger partial charge is 0.348 e. The SMILES string of the molecule is C=CC(=O)Nc1ccccc1CC(=O)NCc1nnnn1C1CC1. The van der Waals surface area contributed by atoms with Gasteiger partial charge in [0.1, 0.15) is 0 Å². The van der Waals surface area contributed by atoms with Crippen LogP contribution in [-0.2, 0) is 22.6 Å². The van der Waals surface area contributed by atoms with E-state index in [2.05, 4.69) is 32.7 Å². The van der Waals surface area contributed by atoms with Crippen LogP contribution in [-0.4, -0.2) is 32.0 Å². The number of carbonyl (C=O) groups excluding carboxylic acids is 2. The first-order valence-corrected chi connectivity index (χ1v) is 7.72. The average molecular weight is 326 g/mol. The molecule has 0 radical (unpaired) electrons. The molecule has 8 nitrogen and oxygen atoms in total. The number of anilines is 1. The molecule has 124 valence electrons. The fraction of sp³-hybridized carbons (Fsp3) is 0.312. The first-order valence-electron chi connectivity index (χ1n) is 7.72. The Hall–Kier alpha value is -3.03. The minimum absolute atomic E-state index is 0.151. The normalized spacial score (nSPS) is 13.3. The van der Waals surface area contributed by atoms with Gasteiger partial charge in [0.25, 0.3) is 0 Å². The van der Waals surface area contributed by atoms with Crippen LogP contribution in [0.2, 0.25) is 0 Å². The minimum Gasteiger partial charge on any atom is -0.348 e. The third kappa shape index (κ3) is 3.83. The summed E-state index contributed by atoms with van der Waals surface area (Å²) in [6, 6.07) is 7.52. The monoisotopic (exact) mass is 326 g/mol. The third-order valence-corrected chi connectivity index (χ3v) is 3.71.